The van der Waals surface area contributed by atoms with Gasteiger partial charge in [0.25, 0.3) is 0 Å². The lowest BCUT2D eigenvalue weighted by atomic mass is 10.2. The molecule has 1 amide bonds. The lowest BCUT2D eigenvalue weighted by Gasteiger charge is -2.13. The fourth-order valence-electron chi connectivity index (χ4n) is 2.76. The topological polar surface area (TPSA) is 73.1 Å². The molecule has 3 aromatic rings. The molecule has 24 heavy (non-hydrogen) atoms. The van der Waals surface area contributed by atoms with Crippen LogP contribution >= 0.6 is 0 Å². The van der Waals surface area contributed by atoms with Crippen molar-refractivity contribution in [2.75, 3.05) is 11.4 Å². The van der Waals surface area contributed by atoms with E-state index in [-0.39, 0.29) is 12.2 Å². The zero-order valence-electron chi connectivity index (χ0n) is 12.8. The number of benzene rings is 1. The second kappa shape index (κ2) is 6.11. The fourth-order valence-corrected chi connectivity index (χ4v) is 2.76. The normalized spacial score (nSPS) is 17.1. The number of anilines is 1. The zero-order valence-corrected chi connectivity index (χ0v) is 12.8. The highest BCUT2D eigenvalue weighted by Crippen LogP contribution is 2.23. The molecule has 1 atom stereocenters. The quantitative estimate of drug-likeness (QED) is 0.737. The standard InChI is InChI=1S/C17H15N5O2/c23-17-22(13-4-2-1-3-5-13)12-14(24-17)11-21-9-8-20-16(21)15-10-18-6-7-19-15/h1-10,14H,11-12H2. The summed E-state index contributed by atoms with van der Waals surface area (Å²) in [5.74, 6) is 0.706. The SMILES string of the molecule is O=C1OC(Cn2ccnc2-c2cnccn2)CN1c1ccccc1. The first kappa shape index (κ1) is 14.4. The first-order chi connectivity index (χ1) is 11.8. The van der Waals surface area contributed by atoms with E-state index in [1.807, 2.05) is 41.1 Å². The van der Waals surface area contributed by atoms with Crippen LogP contribution in [-0.2, 0) is 11.3 Å². The molecule has 1 aliphatic heterocycles. The van der Waals surface area contributed by atoms with Gasteiger partial charge in [-0.1, -0.05) is 18.2 Å². The number of rotatable bonds is 4. The molecule has 2 aromatic heterocycles. The summed E-state index contributed by atoms with van der Waals surface area (Å²) < 4.78 is 7.42. The number of carbonyl (C=O) groups excluding carboxylic acids is 1. The van der Waals surface area contributed by atoms with E-state index in [0.29, 0.717) is 24.6 Å². The Kier molecular flexibility index (Phi) is 3.66. The summed E-state index contributed by atoms with van der Waals surface area (Å²) >= 11 is 0. The number of carbonyl (C=O) groups is 1. The van der Waals surface area contributed by atoms with Crippen molar-refractivity contribution in [2.24, 2.45) is 0 Å². The van der Waals surface area contributed by atoms with Gasteiger partial charge in [0.2, 0.25) is 0 Å². The Morgan fingerprint density at radius 2 is 2.00 bits per heavy atom. The molecule has 3 heterocycles. The minimum Gasteiger partial charge on any atom is -0.442 e. The van der Waals surface area contributed by atoms with E-state index >= 15 is 0 Å². The van der Waals surface area contributed by atoms with Crippen LogP contribution in [0.15, 0.2) is 61.3 Å². The van der Waals surface area contributed by atoms with Gasteiger partial charge >= 0.3 is 6.09 Å². The first-order valence-electron chi connectivity index (χ1n) is 7.62. The molecule has 4 rings (SSSR count). The van der Waals surface area contributed by atoms with Crippen molar-refractivity contribution in [3.05, 3.63) is 61.3 Å². The number of imidazole rings is 1. The number of aromatic nitrogens is 4. The Bertz CT molecular complexity index is 834. The average molecular weight is 321 g/mol. The molecule has 0 saturated carbocycles. The van der Waals surface area contributed by atoms with Crippen LogP contribution in [0.1, 0.15) is 0 Å². The molecule has 0 aliphatic carbocycles. The number of para-hydroxylation sites is 1. The summed E-state index contributed by atoms with van der Waals surface area (Å²) in [6.07, 6.45) is 7.89. The van der Waals surface area contributed by atoms with Crippen LogP contribution in [0.4, 0.5) is 10.5 Å². The summed E-state index contributed by atoms with van der Waals surface area (Å²) in [6.45, 7) is 1.02. The highest BCUT2D eigenvalue weighted by atomic mass is 16.6. The van der Waals surface area contributed by atoms with Crippen molar-refractivity contribution in [1.82, 2.24) is 19.5 Å². The van der Waals surface area contributed by atoms with Gasteiger partial charge in [0, 0.05) is 30.5 Å². The molecule has 1 aliphatic rings. The Morgan fingerprint density at radius 3 is 2.79 bits per heavy atom. The third-order valence-corrected chi connectivity index (χ3v) is 3.85. The average Bonchev–Trinajstić information content (AvgIpc) is 3.23. The van der Waals surface area contributed by atoms with Gasteiger partial charge in [0.05, 0.1) is 19.3 Å². The predicted molar refractivity (Wildman–Crippen MR) is 87.3 cm³/mol. The highest BCUT2D eigenvalue weighted by molar-refractivity contribution is 5.89. The molecule has 7 heteroatoms. The minimum atomic E-state index is -0.327. The Morgan fingerprint density at radius 1 is 1.12 bits per heavy atom. The van der Waals surface area contributed by atoms with Crippen molar-refractivity contribution in [2.45, 2.75) is 12.6 Å². The largest absolute Gasteiger partial charge is 0.442 e. The number of nitrogens with zero attached hydrogens (tertiary/aromatic N) is 5. The van der Waals surface area contributed by atoms with Crippen LogP contribution in [0, 0.1) is 0 Å². The van der Waals surface area contributed by atoms with Crippen LogP contribution in [-0.4, -0.2) is 38.3 Å². The van der Waals surface area contributed by atoms with E-state index < -0.39 is 0 Å². The highest BCUT2D eigenvalue weighted by Gasteiger charge is 2.32. The van der Waals surface area contributed by atoms with Crippen molar-refractivity contribution in [1.29, 1.82) is 0 Å². The third-order valence-electron chi connectivity index (χ3n) is 3.85. The van der Waals surface area contributed by atoms with E-state index in [1.165, 1.54) is 0 Å². The van der Waals surface area contributed by atoms with Crippen LogP contribution < -0.4 is 4.90 Å². The van der Waals surface area contributed by atoms with Crippen molar-refractivity contribution in [3.8, 4) is 11.5 Å². The van der Waals surface area contributed by atoms with Gasteiger partial charge in [0.15, 0.2) is 5.82 Å². The van der Waals surface area contributed by atoms with Gasteiger partial charge in [-0.3, -0.25) is 9.88 Å². The van der Waals surface area contributed by atoms with E-state index in [1.54, 1.807) is 29.7 Å². The summed E-state index contributed by atoms with van der Waals surface area (Å²) in [6, 6.07) is 9.51. The maximum absolute atomic E-state index is 12.1. The van der Waals surface area contributed by atoms with Gasteiger partial charge in [-0.05, 0) is 12.1 Å². The molecular formula is C17H15N5O2. The molecule has 7 nitrogen and oxygen atoms in total. The van der Waals surface area contributed by atoms with Gasteiger partial charge in [0.1, 0.15) is 11.8 Å². The monoisotopic (exact) mass is 321 g/mol. The fraction of sp³-hybridized carbons (Fsp3) is 0.176. The molecule has 1 fully saturated rings. The van der Waals surface area contributed by atoms with E-state index in [4.69, 9.17) is 4.74 Å². The second-order valence-electron chi connectivity index (χ2n) is 5.45. The number of cyclic esters (lactones) is 1. The van der Waals surface area contributed by atoms with Gasteiger partial charge in [-0.25, -0.2) is 14.8 Å². The molecule has 0 bridgehead atoms. The third kappa shape index (κ3) is 2.71. The molecule has 1 aromatic carbocycles. The maximum atomic E-state index is 12.1. The van der Waals surface area contributed by atoms with Gasteiger partial charge in [-0.2, -0.15) is 0 Å². The summed E-state index contributed by atoms with van der Waals surface area (Å²) in [4.78, 5) is 26.4. The summed E-state index contributed by atoms with van der Waals surface area (Å²) in [5, 5.41) is 0. The molecular weight excluding hydrogens is 306 g/mol. The van der Waals surface area contributed by atoms with Crippen LogP contribution in [0.3, 0.4) is 0 Å². The Balaban J connectivity index is 1.52. The van der Waals surface area contributed by atoms with Crippen molar-refractivity contribution >= 4 is 11.8 Å². The number of ether oxygens (including phenoxy) is 1. The van der Waals surface area contributed by atoms with Gasteiger partial charge in [-0.15, -0.1) is 0 Å². The Hall–Kier alpha value is -3.22. The van der Waals surface area contributed by atoms with Crippen molar-refractivity contribution in [3.63, 3.8) is 0 Å². The van der Waals surface area contributed by atoms with Crippen molar-refractivity contribution < 1.29 is 9.53 Å². The lowest BCUT2D eigenvalue weighted by Crippen LogP contribution is -2.25. The van der Waals surface area contributed by atoms with Gasteiger partial charge < -0.3 is 9.30 Å². The smallest absolute Gasteiger partial charge is 0.414 e. The molecule has 0 spiro atoms. The van der Waals surface area contributed by atoms with E-state index in [2.05, 4.69) is 15.0 Å². The number of hydrogen-bond acceptors (Lipinski definition) is 5. The summed E-state index contributed by atoms with van der Waals surface area (Å²) in [5.41, 5.74) is 1.52. The molecule has 1 unspecified atom stereocenters. The molecule has 1 saturated heterocycles. The van der Waals surface area contributed by atoms with E-state index in [9.17, 15) is 4.79 Å². The van der Waals surface area contributed by atoms with E-state index in [0.717, 1.165) is 5.69 Å². The number of hydrogen-bond donors (Lipinski definition) is 0. The maximum Gasteiger partial charge on any atom is 0.414 e. The minimum absolute atomic E-state index is 0.248. The lowest BCUT2D eigenvalue weighted by molar-refractivity contribution is 0.132. The molecule has 120 valence electrons. The zero-order chi connectivity index (χ0) is 16.4. The second-order valence-corrected chi connectivity index (χ2v) is 5.45. The predicted octanol–water partition coefficient (Wildman–Crippen LogP) is 2.37. The Labute approximate surface area is 138 Å². The first-order valence-corrected chi connectivity index (χ1v) is 7.62. The van der Waals surface area contributed by atoms with Crippen LogP contribution in [0.25, 0.3) is 11.5 Å². The van der Waals surface area contributed by atoms with Crippen LogP contribution in [0.5, 0.6) is 0 Å². The summed E-state index contributed by atoms with van der Waals surface area (Å²) in [7, 11) is 0. The number of amides is 1. The molecule has 0 radical (unpaired) electrons. The van der Waals surface area contributed by atoms with Crippen LogP contribution in [0.2, 0.25) is 0 Å². The molecule has 0 N–H and O–H groups in total.